The lowest BCUT2D eigenvalue weighted by Crippen LogP contribution is -2.35. The third kappa shape index (κ3) is 2.49. The molecule has 0 radical (unpaired) electrons. The summed E-state index contributed by atoms with van der Waals surface area (Å²) in [6, 6.07) is 0.684. The lowest BCUT2D eigenvalue weighted by atomic mass is 9.94. The van der Waals surface area contributed by atoms with Gasteiger partial charge in [0.2, 0.25) is 0 Å². The van der Waals surface area contributed by atoms with Crippen molar-refractivity contribution in [1.82, 2.24) is 5.32 Å². The highest BCUT2D eigenvalue weighted by molar-refractivity contribution is 8.14. The second kappa shape index (κ2) is 4.83. The monoisotopic (exact) mass is 252 g/mol. The van der Waals surface area contributed by atoms with Crippen LogP contribution < -0.4 is 5.32 Å². The number of hydrogen-bond acceptors (Lipinski definition) is 3. The largest absolute Gasteiger partial charge is 0.362 e. The molecule has 1 aliphatic heterocycles. The van der Waals surface area contributed by atoms with Gasteiger partial charge in [-0.1, -0.05) is 32.0 Å². The Labute approximate surface area is 109 Å². The van der Waals surface area contributed by atoms with E-state index in [1.54, 1.807) is 0 Å². The molecule has 0 aromatic heterocycles. The molecular weight excluding hydrogens is 228 g/mol. The Morgan fingerprint density at radius 3 is 2.76 bits per heavy atom. The summed E-state index contributed by atoms with van der Waals surface area (Å²) in [7, 11) is 0. The van der Waals surface area contributed by atoms with Crippen molar-refractivity contribution in [2.45, 2.75) is 57.2 Å². The lowest BCUT2D eigenvalue weighted by Gasteiger charge is -2.21. The molecule has 3 aliphatic rings. The molecule has 0 aromatic carbocycles. The average molecular weight is 252 g/mol. The third-order valence-electron chi connectivity index (χ3n) is 4.89. The van der Waals surface area contributed by atoms with Crippen molar-refractivity contribution in [2.24, 2.45) is 22.7 Å². The smallest absolute Gasteiger partial charge is 0.157 e. The van der Waals surface area contributed by atoms with Gasteiger partial charge in [0.1, 0.15) is 0 Å². The van der Waals surface area contributed by atoms with Gasteiger partial charge in [0.05, 0.1) is 6.54 Å². The van der Waals surface area contributed by atoms with Gasteiger partial charge < -0.3 is 5.32 Å². The summed E-state index contributed by atoms with van der Waals surface area (Å²) in [6.45, 7) is 5.81. The summed E-state index contributed by atoms with van der Waals surface area (Å²) >= 11 is 2.02. The molecule has 0 bridgehead atoms. The highest BCUT2D eigenvalue weighted by Crippen LogP contribution is 2.42. The van der Waals surface area contributed by atoms with E-state index in [0.29, 0.717) is 6.04 Å². The molecule has 0 saturated heterocycles. The average Bonchev–Trinajstić information content (AvgIpc) is 2.99. The van der Waals surface area contributed by atoms with Crippen LogP contribution in [-0.4, -0.2) is 23.0 Å². The Morgan fingerprint density at radius 1 is 1.29 bits per heavy atom. The van der Waals surface area contributed by atoms with Crippen LogP contribution in [0.4, 0.5) is 0 Å². The number of nitrogens with one attached hydrogen (secondary N) is 1. The molecule has 17 heavy (non-hydrogen) atoms. The Morgan fingerprint density at radius 2 is 2.12 bits per heavy atom. The molecular formula is C14H24N2S. The van der Waals surface area contributed by atoms with E-state index in [-0.39, 0.29) is 0 Å². The quantitative estimate of drug-likeness (QED) is 0.833. The van der Waals surface area contributed by atoms with Crippen LogP contribution in [0.25, 0.3) is 0 Å². The fourth-order valence-corrected chi connectivity index (χ4v) is 4.64. The molecule has 0 aromatic rings. The maximum Gasteiger partial charge on any atom is 0.157 e. The van der Waals surface area contributed by atoms with Gasteiger partial charge in [-0.05, 0) is 43.4 Å². The molecule has 96 valence electrons. The number of thioether (sulfide) groups is 1. The second-order valence-electron chi connectivity index (χ2n) is 6.00. The van der Waals surface area contributed by atoms with Crippen LogP contribution in [0.2, 0.25) is 0 Å². The van der Waals surface area contributed by atoms with Gasteiger partial charge in [-0.3, -0.25) is 4.99 Å². The maximum atomic E-state index is 4.70. The minimum Gasteiger partial charge on any atom is -0.362 e. The van der Waals surface area contributed by atoms with Crippen molar-refractivity contribution < 1.29 is 0 Å². The number of hydrogen-bond donors (Lipinski definition) is 1. The first-order valence-corrected chi connectivity index (χ1v) is 8.13. The highest BCUT2D eigenvalue weighted by atomic mass is 32.2. The van der Waals surface area contributed by atoms with Gasteiger partial charge in [0.15, 0.2) is 5.17 Å². The molecule has 4 atom stereocenters. The van der Waals surface area contributed by atoms with Gasteiger partial charge in [0.25, 0.3) is 0 Å². The van der Waals surface area contributed by atoms with E-state index in [0.717, 1.165) is 29.5 Å². The second-order valence-corrected chi connectivity index (χ2v) is 7.22. The van der Waals surface area contributed by atoms with E-state index >= 15 is 0 Å². The van der Waals surface area contributed by atoms with Gasteiger partial charge in [-0.15, -0.1) is 0 Å². The normalized spacial score (nSPS) is 41.6. The van der Waals surface area contributed by atoms with Crippen LogP contribution in [0.5, 0.6) is 0 Å². The zero-order chi connectivity index (χ0) is 11.8. The van der Waals surface area contributed by atoms with Crippen LogP contribution >= 0.6 is 11.8 Å². The summed E-state index contributed by atoms with van der Waals surface area (Å²) in [5.41, 5.74) is 0. The lowest BCUT2D eigenvalue weighted by molar-refractivity contribution is 0.369. The fourth-order valence-electron chi connectivity index (χ4n) is 3.37. The Bertz CT molecular complexity index is 311. The molecule has 0 amide bonds. The third-order valence-corrected chi connectivity index (χ3v) is 6.19. The zero-order valence-electron chi connectivity index (χ0n) is 11.0. The number of amidine groups is 1. The van der Waals surface area contributed by atoms with E-state index < -0.39 is 0 Å². The summed E-state index contributed by atoms with van der Waals surface area (Å²) < 4.78 is 0. The molecule has 4 unspecified atom stereocenters. The molecule has 3 heteroatoms. The van der Waals surface area contributed by atoms with Crippen LogP contribution in [0.15, 0.2) is 4.99 Å². The molecule has 3 rings (SSSR count). The van der Waals surface area contributed by atoms with Crippen LogP contribution in [0.3, 0.4) is 0 Å². The molecule has 2 aliphatic carbocycles. The Balaban J connectivity index is 1.50. The number of nitrogens with zero attached hydrogens (tertiary/aromatic N) is 1. The van der Waals surface area contributed by atoms with Gasteiger partial charge >= 0.3 is 0 Å². The van der Waals surface area contributed by atoms with Crippen molar-refractivity contribution in [3.05, 3.63) is 0 Å². The summed E-state index contributed by atoms with van der Waals surface area (Å²) in [5.74, 6) is 2.73. The minimum absolute atomic E-state index is 0.684. The number of rotatable bonds is 3. The van der Waals surface area contributed by atoms with Crippen molar-refractivity contribution >= 4 is 16.9 Å². The minimum atomic E-state index is 0.684. The molecule has 2 saturated carbocycles. The summed E-state index contributed by atoms with van der Waals surface area (Å²) in [4.78, 5) is 4.70. The SMILES string of the molecule is CCC1CCC(NC2=NCC(C3CC3)S2)C1C. The first-order valence-electron chi connectivity index (χ1n) is 7.25. The standard InChI is InChI=1S/C14H24N2S/c1-3-10-6-7-12(9(10)2)16-14-15-8-13(17-14)11-4-5-11/h9-13H,3-8H2,1-2H3,(H,15,16). The predicted octanol–water partition coefficient (Wildman–Crippen LogP) is 3.28. The first kappa shape index (κ1) is 11.9. The maximum absolute atomic E-state index is 4.70. The van der Waals surface area contributed by atoms with Crippen molar-refractivity contribution in [1.29, 1.82) is 0 Å². The van der Waals surface area contributed by atoms with Crippen LogP contribution in [0.1, 0.15) is 46.0 Å². The molecule has 0 spiro atoms. The molecule has 1 N–H and O–H groups in total. The Hall–Kier alpha value is -0.180. The van der Waals surface area contributed by atoms with E-state index in [4.69, 9.17) is 4.99 Å². The molecule has 2 nitrogen and oxygen atoms in total. The fraction of sp³-hybridized carbons (Fsp3) is 0.929. The summed E-state index contributed by atoms with van der Waals surface area (Å²) in [6.07, 6.45) is 6.97. The van der Waals surface area contributed by atoms with Crippen molar-refractivity contribution in [3.63, 3.8) is 0 Å². The molecule has 2 fully saturated rings. The van der Waals surface area contributed by atoms with Gasteiger partial charge in [-0.25, -0.2) is 0 Å². The van der Waals surface area contributed by atoms with E-state index in [2.05, 4.69) is 19.2 Å². The zero-order valence-corrected chi connectivity index (χ0v) is 11.8. The number of aliphatic imine (C=N–C) groups is 1. The first-order chi connectivity index (χ1) is 8.28. The topological polar surface area (TPSA) is 24.4 Å². The van der Waals surface area contributed by atoms with E-state index in [9.17, 15) is 0 Å². The van der Waals surface area contributed by atoms with Gasteiger partial charge in [-0.2, -0.15) is 0 Å². The van der Waals surface area contributed by atoms with E-state index in [1.807, 2.05) is 11.8 Å². The Kier molecular flexibility index (Phi) is 3.38. The van der Waals surface area contributed by atoms with Crippen molar-refractivity contribution in [3.8, 4) is 0 Å². The predicted molar refractivity (Wildman–Crippen MR) is 75.5 cm³/mol. The molecule has 1 heterocycles. The summed E-state index contributed by atoms with van der Waals surface area (Å²) in [5, 5.41) is 5.77. The van der Waals surface area contributed by atoms with Crippen LogP contribution in [0, 0.1) is 17.8 Å². The van der Waals surface area contributed by atoms with E-state index in [1.165, 1.54) is 37.3 Å². The van der Waals surface area contributed by atoms with Gasteiger partial charge in [0, 0.05) is 11.3 Å². The van der Waals surface area contributed by atoms with Crippen molar-refractivity contribution in [2.75, 3.05) is 6.54 Å². The highest BCUT2D eigenvalue weighted by Gasteiger charge is 2.37. The van der Waals surface area contributed by atoms with Crippen LogP contribution in [-0.2, 0) is 0 Å².